The van der Waals surface area contributed by atoms with Gasteiger partial charge in [0.25, 0.3) is 0 Å². The third-order valence-corrected chi connectivity index (χ3v) is 7.47. The number of anilines is 1. The molecule has 3 aromatic rings. The molecule has 0 aliphatic heterocycles. The lowest BCUT2D eigenvalue weighted by Crippen LogP contribution is -2.38. The molecule has 0 saturated heterocycles. The van der Waals surface area contributed by atoms with Crippen molar-refractivity contribution in [2.24, 2.45) is 5.41 Å². The van der Waals surface area contributed by atoms with E-state index in [1.165, 1.54) is 18.2 Å². The van der Waals surface area contributed by atoms with Gasteiger partial charge in [-0.2, -0.15) is 5.10 Å². The fourth-order valence-corrected chi connectivity index (χ4v) is 5.75. The molecule has 3 N–H and O–H groups in total. The first-order valence-electron chi connectivity index (χ1n) is 11.0. The number of rotatable bonds is 6. The number of halogens is 2. The third-order valence-electron chi connectivity index (χ3n) is 7.47. The average molecular weight is 453 g/mol. The van der Waals surface area contributed by atoms with Gasteiger partial charge in [0, 0.05) is 6.20 Å². The molecule has 172 valence electrons. The average Bonchev–Trinajstić information content (AvgIpc) is 3.19. The van der Waals surface area contributed by atoms with Crippen molar-refractivity contribution in [2.75, 3.05) is 18.5 Å². The van der Waals surface area contributed by atoms with Gasteiger partial charge >= 0.3 is 0 Å². The molecular weight excluding hydrogens is 428 g/mol. The molecule has 0 unspecified atom stereocenters. The standard InChI is InChI=1S/C24H25F2N5O2/c1-23(2)15-6-8-24(23,19-7-9-27-22(29-19)28-13(11-32)12-33)21-14(15)10-18(30-31-21)20-16(25)4-3-5-17(20)26/h3-5,7,9-10,13,15,32-33H,6,8,11-12H2,1-2H3,(H,27,28,29)/t15-,24+/m0/s1. The van der Waals surface area contributed by atoms with Crippen molar-refractivity contribution >= 4 is 5.95 Å². The first-order chi connectivity index (χ1) is 15.8. The highest BCUT2D eigenvalue weighted by molar-refractivity contribution is 5.64. The van der Waals surface area contributed by atoms with Crippen LogP contribution in [-0.2, 0) is 5.41 Å². The lowest BCUT2D eigenvalue weighted by atomic mass is 9.66. The maximum Gasteiger partial charge on any atom is 0.223 e. The molecule has 1 aromatic carbocycles. The number of benzene rings is 1. The summed E-state index contributed by atoms with van der Waals surface area (Å²) in [7, 11) is 0. The van der Waals surface area contributed by atoms with Gasteiger partial charge < -0.3 is 15.5 Å². The summed E-state index contributed by atoms with van der Waals surface area (Å²) in [6.45, 7) is 3.81. The Balaban J connectivity index is 1.63. The van der Waals surface area contributed by atoms with Crippen LogP contribution in [-0.4, -0.2) is 49.6 Å². The lowest BCUT2D eigenvalue weighted by Gasteiger charge is -2.37. The summed E-state index contributed by atoms with van der Waals surface area (Å²) in [6.07, 6.45) is 3.33. The summed E-state index contributed by atoms with van der Waals surface area (Å²) >= 11 is 0. The van der Waals surface area contributed by atoms with Crippen molar-refractivity contribution in [2.45, 2.75) is 44.1 Å². The van der Waals surface area contributed by atoms with Crippen LogP contribution in [0.15, 0.2) is 36.5 Å². The molecule has 2 atom stereocenters. The zero-order valence-electron chi connectivity index (χ0n) is 18.4. The van der Waals surface area contributed by atoms with Crippen LogP contribution in [0.5, 0.6) is 0 Å². The Morgan fingerprint density at radius 3 is 2.55 bits per heavy atom. The molecule has 9 heteroatoms. The number of aliphatic hydroxyl groups is 2. The van der Waals surface area contributed by atoms with Crippen molar-refractivity contribution < 1.29 is 19.0 Å². The molecule has 0 spiro atoms. The highest BCUT2D eigenvalue weighted by atomic mass is 19.1. The van der Waals surface area contributed by atoms with Crippen molar-refractivity contribution in [3.63, 3.8) is 0 Å². The van der Waals surface area contributed by atoms with E-state index in [1.807, 2.05) is 6.07 Å². The van der Waals surface area contributed by atoms with Crippen LogP contribution in [0.25, 0.3) is 11.3 Å². The van der Waals surface area contributed by atoms with Crippen LogP contribution in [0.4, 0.5) is 14.7 Å². The van der Waals surface area contributed by atoms with E-state index in [0.717, 1.165) is 29.8 Å². The van der Waals surface area contributed by atoms with Gasteiger partial charge in [-0.3, -0.25) is 0 Å². The van der Waals surface area contributed by atoms with Crippen LogP contribution < -0.4 is 5.32 Å². The van der Waals surface area contributed by atoms with Gasteiger partial charge in [0.1, 0.15) is 11.6 Å². The largest absolute Gasteiger partial charge is 0.394 e. The molecule has 2 heterocycles. The molecule has 2 bridgehead atoms. The molecule has 1 fully saturated rings. The Bertz CT molecular complexity index is 1200. The molecule has 2 aromatic heterocycles. The monoisotopic (exact) mass is 453 g/mol. The number of nitrogens with one attached hydrogen (secondary N) is 1. The quantitative estimate of drug-likeness (QED) is 0.527. The molecule has 33 heavy (non-hydrogen) atoms. The van der Waals surface area contributed by atoms with E-state index in [9.17, 15) is 19.0 Å². The molecule has 2 aliphatic carbocycles. The van der Waals surface area contributed by atoms with E-state index >= 15 is 0 Å². The van der Waals surface area contributed by atoms with Crippen LogP contribution in [0.2, 0.25) is 0 Å². The van der Waals surface area contributed by atoms with Gasteiger partial charge in [-0.1, -0.05) is 19.9 Å². The van der Waals surface area contributed by atoms with Gasteiger partial charge in [0.15, 0.2) is 0 Å². The van der Waals surface area contributed by atoms with Crippen molar-refractivity contribution in [1.29, 1.82) is 0 Å². The maximum absolute atomic E-state index is 14.4. The summed E-state index contributed by atoms with van der Waals surface area (Å²) in [6, 6.07) is 6.80. The summed E-state index contributed by atoms with van der Waals surface area (Å²) in [5.41, 5.74) is 1.68. The zero-order valence-corrected chi connectivity index (χ0v) is 18.4. The van der Waals surface area contributed by atoms with E-state index in [-0.39, 0.29) is 35.8 Å². The summed E-state index contributed by atoms with van der Waals surface area (Å²) < 4.78 is 28.8. The molecule has 5 rings (SSSR count). The van der Waals surface area contributed by atoms with Crippen molar-refractivity contribution in [1.82, 2.24) is 20.2 Å². The smallest absolute Gasteiger partial charge is 0.223 e. The van der Waals surface area contributed by atoms with Gasteiger partial charge in [-0.15, -0.1) is 5.10 Å². The Morgan fingerprint density at radius 2 is 1.85 bits per heavy atom. The van der Waals surface area contributed by atoms with Gasteiger partial charge in [-0.05, 0) is 54.0 Å². The fourth-order valence-electron chi connectivity index (χ4n) is 5.75. The van der Waals surface area contributed by atoms with Crippen LogP contribution in [0.1, 0.15) is 49.6 Å². The SMILES string of the molecule is CC1(C)[C@H]2CC[C@@]1(c1ccnc(NC(CO)CO)n1)c1nnc(-c3c(F)cccc3F)cc12. The Labute approximate surface area is 189 Å². The minimum absolute atomic E-state index is 0.130. The number of hydrogen-bond acceptors (Lipinski definition) is 7. The Morgan fingerprint density at radius 1 is 1.12 bits per heavy atom. The highest BCUT2D eigenvalue weighted by Crippen LogP contribution is 2.69. The van der Waals surface area contributed by atoms with E-state index in [0.29, 0.717) is 5.95 Å². The van der Waals surface area contributed by atoms with E-state index in [1.54, 1.807) is 12.3 Å². The molecular formula is C24H25F2N5O2. The first kappa shape index (κ1) is 21.8. The Hall–Kier alpha value is -3.04. The third kappa shape index (κ3) is 3.06. The van der Waals surface area contributed by atoms with E-state index in [4.69, 9.17) is 4.98 Å². The van der Waals surface area contributed by atoms with Crippen LogP contribution >= 0.6 is 0 Å². The molecule has 7 nitrogen and oxygen atoms in total. The number of aromatic nitrogens is 4. The number of fused-ring (bicyclic) bond motifs is 5. The minimum Gasteiger partial charge on any atom is -0.394 e. The van der Waals surface area contributed by atoms with E-state index in [2.05, 4.69) is 34.3 Å². The molecule has 1 saturated carbocycles. The number of hydrogen-bond donors (Lipinski definition) is 3. The number of nitrogens with zero attached hydrogens (tertiary/aromatic N) is 4. The topological polar surface area (TPSA) is 104 Å². The maximum atomic E-state index is 14.4. The molecule has 2 aliphatic rings. The lowest BCUT2D eigenvalue weighted by molar-refractivity contribution is 0.203. The predicted molar refractivity (Wildman–Crippen MR) is 118 cm³/mol. The Kier molecular flexibility index (Phi) is 5.13. The normalized spacial score (nSPS) is 22.6. The zero-order chi connectivity index (χ0) is 23.4. The van der Waals surface area contributed by atoms with Crippen molar-refractivity contribution in [3.05, 3.63) is 65.1 Å². The summed E-state index contributed by atoms with van der Waals surface area (Å²) in [4.78, 5) is 8.97. The van der Waals surface area contributed by atoms with E-state index < -0.39 is 23.1 Å². The molecule has 0 radical (unpaired) electrons. The van der Waals surface area contributed by atoms with Gasteiger partial charge in [0.2, 0.25) is 5.95 Å². The summed E-state index contributed by atoms with van der Waals surface area (Å²) in [5.74, 6) is -0.906. The van der Waals surface area contributed by atoms with Gasteiger partial charge in [0.05, 0.1) is 47.3 Å². The number of aliphatic hydroxyl groups excluding tert-OH is 2. The van der Waals surface area contributed by atoms with Crippen LogP contribution in [0, 0.1) is 17.0 Å². The first-order valence-corrected chi connectivity index (χ1v) is 11.0. The minimum atomic E-state index is -0.671. The van der Waals surface area contributed by atoms with Crippen molar-refractivity contribution in [3.8, 4) is 11.3 Å². The van der Waals surface area contributed by atoms with Gasteiger partial charge in [-0.25, -0.2) is 18.7 Å². The highest BCUT2D eigenvalue weighted by Gasteiger charge is 2.65. The molecule has 0 amide bonds. The predicted octanol–water partition coefficient (Wildman–Crippen LogP) is 3.18. The second kappa shape index (κ2) is 7.78. The summed E-state index contributed by atoms with van der Waals surface area (Å²) in [5, 5.41) is 30.5. The second-order valence-corrected chi connectivity index (χ2v) is 9.32. The van der Waals surface area contributed by atoms with Crippen LogP contribution in [0.3, 0.4) is 0 Å². The fraction of sp³-hybridized carbons (Fsp3) is 0.417. The second-order valence-electron chi connectivity index (χ2n) is 9.32.